The summed E-state index contributed by atoms with van der Waals surface area (Å²) >= 11 is 3.47. The zero-order chi connectivity index (χ0) is 12.5. The van der Waals surface area contributed by atoms with Crippen molar-refractivity contribution in [1.82, 2.24) is 0 Å². The van der Waals surface area contributed by atoms with E-state index in [-0.39, 0.29) is 11.1 Å². The fraction of sp³-hybridized carbons (Fsp3) is 0.500. The Morgan fingerprint density at radius 1 is 1.53 bits per heavy atom. The first-order chi connectivity index (χ1) is 8.06. The Bertz CT molecular complexity index is 443. The maximum Gasteiger partial charge on any atom is 0.273 e. The van der Waals surface area contributed by atoms with E-state index in [2.05, 4.69) is 15.9 Å². The second-order valence-corrected chi connectivity index (χ2v) is 5.19. The number of halogens is 1. The highest BCUT2D eigenvalue weighted by Crippen LogP contribution is 2.47. The molecule has 1 fully saturated rings. The number of nitrogens with zero attached hydrogens (tertiary/aromatic N) is 1. The maximum absolute atomic E-state index is 10.7. The molecule has 0 unspecified atom stereocenters. The molecule has 0 heterocycles. The first-order valence-electron chi connectivity index (χ1n) is 5.50. The average Bonchev–Trinajstić information content (AvgIpc) is 3.08. The van der Waals surface area contributed by atoms with Crippen LogP contribution in [0.3, 0.4) is 0 Å². The lowest BCUT2D eigenvalue weighted by atomic mass is 10.1. The zero-order valence-corrected chi connectivity index (χ0v) is 11.2. The van der Waals surface area contributed by atoms with Gasteiger partial charge >= 0.3 is 0 Å². The molecule has 1 aliphatic carbocycles. The minimum Gasteiger partial charge on any atom is -0.492 e. The van der Waals surface area contributed by atoms with Crippen LogP contribution in [0.5, 0.6) is 5.75 Å². The number of aryl methyl sites for hydroxylation is 1. The van der Waals surface area contributed by atoms with E-state index in [0.29, 0.717) is 12.4 Å². The highest BCUT2D eigenvalue weighted by atomic mass is 79.9. The summed E-state index contributed by atoms with van der Waals surface area (Å²) in [4.78, 5) is 10.3. The third-order valence-electron chi connectivity index (χ3n) is 3.16. The lowest BCUT2D eigenvalue weighted by molar-refractivity contribution is -0.385. The molecule has 0 amide bonds. The van der Waals surface area contributed by atoms with Gasteiger partial charge in [-0.2, -0.15) is 0 Å². The maximum atomic E-state index is 10.7. The summed E-state index contributed by atoms with van der Waals surface area (Å²) in [7, 11) is 0. The Labute approximate surface area is 108 Å². The van der Waals surface area contributed by atoms with Gasteiger partial charge in [-0.15, -0.1) is 0 Å². The smallest absolute Gasteiger partial charge is 0.273 e. The highest BCUT2D eigenvalue weighted by Gasteiger charge is 2.42. The number of benzene rings is 1. The van der Waals surface area contributed by atoms with Gasteiger partial charge in [-0.25, -0.2) is 0 Å². The van der Waals surface area contributed by atoms with E-state index >= 15 is 0 Å². The number of alkyl halides is 1. The predicted octanol–water partition coefficient (Wildman–Crippen LogP) is 3.46. The van der Waals surface area contributed by atoms with Crippen LogP contribution in [0, 0.1) is 22.5 Å². The summed E-state index contributed by atoms with van der Waals surface area (Å²) in [5, 5.41) is 11.6. The average molecular weight is 300 g/mol. The van der Waals surface area contributed by atoms with Gasteiger partial charge in [-0.3, -0.25) is 10.1 Å². The number of hydrogen-bond donors (Lipinski definition) is 0. The molecule has 0 N–H and O–H groups in total. The van der Waals surface area contributed by atoms with Crippen LogP contribution in [0.25, 0.3) is 0 Å². The standard InChI is InChI=1S/C12H14BrNO3/c1-9-2-3-10(14(15)16)6-11(9)17-8-12(7-13)4-5-12/h2-3,6H,4-5,7-8H2,1H3. The second-order valence-electron chi connectivity index (χ2n) is 4.63. The third-order valence-corrected chi connectivity index (χ3v) is 4.35. The van der Waals surface area contributed by atoms with Crippen molar-refractivity contribution in [3.63, 3.8) is 0 Å². The van der Waals surface area contributed by atoms with Crippen LogP contribution in [-0.2, 0) is 0 Å². The first kappa shape index (κ1) is 12.4. The molecular weight excluding hydrogens is 286 g/mol. The summed E-state index contributed by atoms with van der Waals surface area (Å²) in [6.07, 6.45) is 2.32. The lowest BCUT2D eigenvalue weighted by Crippen LogP contribution is -2.14. The Kier molecular flexibility index (Phi) is 3.38. The van der Waals surface area contributed by atoms with Gasteiger partial charge < -0.3 is 4.74 Å². The quantitative estimate of drug-likeness (QED) is 0.475. The van der Waals surface area contributed by atoms with Crippen molar-refractivity contribution < 1.29 is 9.66 Å². The van der Waals surface area contributed by atoms with Crippen LogP contribution >= 0.6 is 15.9 Å². The van der Waals surface area contributed by atoms with E-state index in [4.69, 9.17) is 4.74 Å². The van der Waals surface area contributed by atoms with Gasteiger partial charge in [0, 0.05) is 16.8 Å². The highest BCUT2D eigenvalue weighted by molar-refractivity contribution is 9.09. The van der Waals surface area contributed by atoms with Crippen LogP contribution in [0.1, 0.15) is 18.4 Å². The van der Waals surface area contributed by atoms with Crippen molar-refractivity contribution in [2.45, 2.75) is 19.8 Å². The summed E-state index contributed by atoms with van der Waals surface area (Å²) in [5.74, 6) is 0.617. The van der Waals surface area contributed by atoms with Gasteiger partial charge in [0.1, 0.15) is 5.75 Å². The number of non-ortho nitro benzene ring substituents is 1. The van der Waals surface area contributed by atoms with Gasteiger partial charge in [0.05, 0.1) is 17.6 Å². The van der Waals surface area contributed by atoms with E-state index in [1.165, 1.54) is 12.1 Å². The molecule has 0 spiro atoms. The van der Waals surface area contributed by atoms with Crippen LogP contribution < -0.4 is 4.74 Å². The molecule has 92 valence electrons. The molecule has 1 aromatic rings. The number of hydrogen-bond acceptors (Lipinski definition) is 3. The Morgan fingerprint density at radius 2 is 2.24 bits per heavy atom. The molecule has 4 nitrogen and oxygen atoms in total. The van der Waals surface area contributed by atoms with Crippen molar-refractivity contribution in [3.05, 3.63) is 33.9 Å². The molecule has 0 aliphatic heterocycles. The molecule has 0 bridgehead atoms. The normalized spacial score (nSPS) is 16.6. The number of ether oxygens (including phenoxy) is 1. The first-order valence-corrected chi connectivity index (χ1v) is 6.62. The number of nitro benzene ring substituents is 1. The Balaban J connectivity index is 2.09. The minimum absolute atomic E-state index is 0.0780. The Morgan fingerprint density at radius 3 is 2.76 bits per heavy atom. The van der Waals surface area contributed by atoms with E-state index in [1.54, 1.807) is 6.07 Å². The van der Waals surface area contributed by atoms with E-state index in [9.17, 15) is 10.1 Å². The topological polar surface area (TPSA) is 52.4 Å². The molecule has 0 aromatic heterocycles. The summed E-state index contributed by atoms with van der Waals surface area (Å²) in [6.45, 7) is 2.52. The van der Waals surface area contributed by atoms with Crippen molar-refractivity contribution in [2.24, 2.45) is 5.41 Å². The molecule has 1 aliphatic rings. The van der Waals surface area contributed by atoms with Crippen LogP contribution in [0.15, 0.2) is 18.2 Å². The van der Waals surface area contributed by atoms with Crippen LogP contribution in [0.4, 0.5) is 5.69 Å². The van der Waals surface area contributed by atoms with Crippen molar-refractivity contribution in [1.29, 1.82) is 0 Å². The molecule has 5 heteroatoms. The van der Waals surface area contributed by atoms with Crippen LogP contribution in [0.2, 0.25) is 0 Å². The van der Waals surface area contributed by atoms with Gasteiger partial charge in [0.15, 0.2) is 0 Å². The lowest BCUT2D eigenvalue weighted by Gasteiger charge is -2.14. The van der Waals surface area contributed by atoms with Gasteiger partial charge in [0.2, 0.25) is 0 Å². The van der Waals surface area contributed by atoms with E-state index in [1.807, 2.05) is 6.92 Å². The van der Waals surface area contributed by atoms with Gasteiger partial charge in [0.25, 0.3) is 5.69 Å². The van der Waals surface area contributed by atoms with E-state index in [0.717, 1.165) is 23.7 Å². The number of rotatable bonds is 5. The number of nitro groups is 1. The van der Waals surface area contributed by atoms with Crippen molar-refractivity contribution >= 4 is 21.6 Å². The Hall–Kier alpha value is -1.10. The van der Waals surface area contributed by atoms with E-state index < -0.39 is 4.92 Å². The van der Waals surface area contributed by atoms with Crippen molar-refractivity contribution in [3.8, 4) is 5.75 Å². The monoisotopic (exact) mass is 299 g/mol. The molecule has 1 saturated carbocycles. The fourth-order valence-electron chi connectivity index (χ4n) is 1.58. The molecule has 0 radical (unpaired) electrons. The minimum atomic E-state index is -0.399. The van der Waals surface area contributed by atoms with Crippen LogP contribution in [-0.4, -0.2) is 16.9 Å². The fourth-order valence-corrected chi connectivity index (χ4v) is 2.30. The molecule has 2 rings (SSSR count). The second kappa shape index (κ2) is 4.64. The molecule has 0 saturated heterocycles. The third kappa shape index (κ3) is 2.77. The molecule has 17 heavy (non-hydrogen) atoms. The van der Waals surface area contributed by atoms with Gasteiger partial charge in [-0.1, -0.05) is 15.9 Å². The SMILES string of the molecule is Cc1ccc([N+](=O)[O-])cc1OCC1(CBr)CC1. The molecular formula is C12H14BrNO3. The molecule has 0 atom stereocenters. The summed E-state index contributed by atoms with van der Waals surface area (Å²) in [6, 6.07) is 4.72. The summed E-state index contributed by atoms with van der Waals surface area (Å²) < 4.78 is 5.71. The largest absolute Gasteiger partial charge is 0.492 e. The van der Waals surface area contributed by atoms with Crippen molar-refractivity contribution in [2.75, 3.05) is 11.9 Å². The predicted molar refractivity (Wildman–Crippen MR) is 68.8 cm³/mol. The van der Waals surface area contributed by atoms with Gasteiger partial charge in [-0.05, 0) is 31.4 Å². The summed E-state index contributed by atoms with van der Waals surface area (Å²) in [5.41, 5.74) is 1.26. The zero-order valence-electron chi connectivity index (χ0n) is 9.61. The molecule has 1 aromatic carbocycles.